The number of ether oxygens (including phenoxy) is 1. The van der Waals surface area contributed by atoms with E-state index in [4.69, 9.17) is 4.74 Å². The van der Waals surface area contributed by atoms with Crippen molar-refractivity contribution in [3.63, 3.8) is 0 Å². The summed E-state index contributed by atoms with van der Waals surface area (Å²) in [6, 6.07) is 18.8. The second-order valence-electron chi connectivity index (χ2n) is 6.99. The van der Waals surface area contributed by atoms with Gasteiger partial charge in [0.25, 0.3) is 5.91 Å². The van der Waals surface area contributed by atoms with E-state index in [0.29, 0.717) is 11.4 Å². The molecule has 0 aliphatic rings. The van der Waals surface area contributed by atoms with Crippen molar-refractivity contribution in [3.8, 4) is 0 Å². The zero-order valence-electron chi connectivity index (χ0n) is 17.0. The van der Waals surface area contributed by atoms with Gasteiger partial charge in [-0.1, -0.05) is 60.7 Å². The Morgan fingerprint density at radius 3 is 1.93 bits per heavy atom. The van der Waals surface area contributed by atoms with Gasteiger partial charge in [0.15, 0.2) is 6.10 Å². The summed E-state index contributed by atoms with van der Waals surface area (Å²) in [6.07, 6.45) is -0.948. The van der Waals surface area contributed by atoms with Crippen LogP contribution in [0.3, 0.4) is 0 Å². The fourth-order valence-corrected chi connectivity index (χ4v) is 3.23. The Morgan fingerprint density at radius 1 is 0.966 bits per heavy atom. The number of hydrogen-bond donors (Lipinski definition) is 1. The van der Waals surface area contributed by atoms with E-state index >= 15 is 0 Å². The monoisotopic (exact) mass is 391 g/mol. The van der Waals surface area contributed by atoms with E-state index < -0.39 is 23.9 Å². The molecule has 1 N–H and O–H groups in total. The smallest absolute Gasteiger partial charge is 0.318 e. The van der Waals surface area contributed by atoms with Crippen molar-refractivity contribution in [1.82, 2.24) is 9.78 Å². The van der Waals surface area contributed by atoms with Crippen molar-refractivity contribution in [3.05, 3.63) is 83.2 Å². The van der Waals surface area contributed by atoms with Gasteiger partial charge < -0.3 is 10.1 Å². The first kappa shape index (κ1) is 20.3. The summed E-state index contributed by atoms with van der Waals surface area (Å²) in [5.74, 6) is -1.46. The van der Waals surface area contributed by atoms with Crippen LogP contribution in [-0.4, -0.2) is 27.8 Å². The summed E-state index contributed by atoms with van der Waals surface area (Å²) in [7, 11) is 1.81. The molecule has 1 heterocycles. The average molecular weight is 391 g/mol. The Kier molecular flexibility index (Phi) is 6.12. The van der Waals surface area contributed by atoms with Gasteiger partial charge in [0, 0.05) is 7.05 Å². The standard InChI is InChI=1S/C23H25N3O3/c1-15-21(16(2)26(4)25-15)24-22(27)17(3)29-23(28)20(18-11-7-5-8-12-18)19-13-9-6-10-14-19/h5-14,17,20H,1-4H3,(H,24,27)/t17-/m0/s1. The summed E-state index contributed by atoms with van der Waals surface area (Å²) in [5, 5.41) is 7.11. The maximum atomic E-state index is 13.0. The van der Waals surface area contributed by atoms with Crippen LogP contribution in [0.4, 0.5) is 5.69 Å². The summed E-state index contributed by atoms with van der Waals surface area (Å²) >= 11 is 0. The molecule has 0 unspecified atom stereocenters. The fraction of sp³-hybridized carbons (Fsp3) is 0.261. The molecule has 0 aliphatic carbocycles. The van der Waals surface area contributed by atoms with E-state index in [2.05, 4.69) is 10.4 Å². The van der Waals surface area contributed by atoms with Crippen molar-refractivity contribution in [2.24, 2.45) is 7.05 Å². The Balaban J connectivity index is 1.78. The first-order valence-corrected chi connectivity index (χ1v) is 9.50. The molecule has 6 heteroatoms. The highest BCUT2D eigenvalue weighted by Gasteiger charge is 2.28. The Bertz CT molecular complexity index is 957. The minimum Gasteiger partial charge on any atom is -0.452 e. The number of benzene rings is 2. The van der Waals surface area contributed by atoms with Crippen molar-refractivity contribution in [2.45, 2.75) is 32.8 Å². The SMILES string of the molecule is Cc1nn(C)c(C)c1NC(=O)[C@H](C)OC(=O)C(c1ccccc1)c1ccccc1. The van der Waals surface area contributed by atoms with Gasteiger partial charge in [0.2, 0.25) is 0 Å². The lowest BCUT2D eigenvalue weighted by atomic mass is 9.91. The number of esters is 1. The van der Waals surface area contributed by atoms with Gasteiger partial charge in [-0.15, -0.1) is 0 Å². The Hall–Kier alpha value is -3.41. The minimum absolute atomic E-state index is 0.391. The van der Waals surface area contributed by atoms with Crippen molar-refractivity contribution < 1.29 is 14.3 Å². The number of nitrogens with one attached hydrogen (secondary N) is 1. The Labute approximate surface area is 170 Å². The number of rotatable bonds is 6. The maximum Gasteiger partial charge on any atom is 0.318 e. The summed E-state index contributed by atoms with van der Waals surface area (Å²) in [5.41, 5.74) is 3.82. The number of carbonyl (C=O) groups excluding carboxylic acids is 2. The topological polar surface area (TPSA) is 73.2 Å². The molecule has 1 amide bonds. The summed E-state index contributed by atoms with van der Waals surface area (Å²) < 4.78 is 7.26. The van der Waals surface area contributed by atoms with E-state index in [0.717, 1.165) is 16.8 Å². The molecule has 0 radical (unpaired) electrons. The highest BCUT2D eigenvalue weighted by atomic mass is 16.5. The quantitative estimate of drug-likeness (QED) is 0.650. The average Bonchev–Trinajstić information content (AvgIpc) is 2.95. The molecule has 150 valence electrons. The van der Waals surface area contributed by atoms with Gasteiger partial charge in [-0.3, -0.25) is 14.3 Å². The number of aryl methyl sites for hydroxylation is 2. The van der Waals surface area contributed by atoms with Crippen LogP contribution >= 0.6 is 0 Å². The van der Waals surface area contributed by atoms with Gasteiger partial charge in [-0.25, -0.2) is 0 Å². The van der Waals surface area contributed by atoms with Crippen LogP contribution < -0.4 is 5.32 Å². The van der Waals surface area contributed by atoms with E-state index in [1.165, 1.54) is 0 Å². The van der Waals surface area contributed by atoms with Gasteiger partial charge in [-0.2, -0.15) is 5.10 Å². The number of aromatic nitrogens is 2. The van der Waals surface area contributed by atoms with Gasteiger partial charge >= 0.3 is 5.97 Å². The third kappa shape index (κ3) is 4.54. The molecule has 0 saturated carbocycles. The highest BCUT2D eigenvalue weighted by molar-refractivity contribution is 5.96. The molecule has 0 bridgehead atoms. The van der Waals surface area contributed by atoms with E-state index in [9.17, 15) is 9.59 Å². The predicted molar refractivity (Wildman–Crippen MR) is 112 cm³/mol. The molecule has 0 fully saturated rings. The minimum atomic E-state index is -0.948. The second-order valence-corrected chi connectivity index (χ2v) is 6.99. The normalized spacial score (nSPS) is 11.9. The zero-order valence-corrected chi connectivity index (χ0v) is 17.0. The molecule has 1 atom stereocenters. The van der Waals surface area contributed by atoms with Crippen LogP contribution in [0.2, 0.25) is 0 Å². The lowest BCUT2D eigenvalue weighted by Gasteiger charge is -2.20. The molecule has 29 heavy (non-hydrogen) atoms. The number of amides is 1. The molecule has 1 aromatic heterocycles. The molecule has 3 aromatic rings. The number of anilines is 1. The molecule has 0 spiro atoms. The molecular formula is C23H25N3O3. The van der Waals surface area contributed by atoms with Crippen molar-refractivity contribution in [1.29, 1.82) is 0 Å². The van der Waals surface area contributed by atoms with Crippen LogP contribution in [-0.2, 0) is 21.4 Å². The first-order valence-electron chi connectivity index (χ1n) is 9.50. The zero-order chi connectivity index (χ0) is 21.0. The lowest BCUT2D eigenvalue weighted by molar-refractivity contribution is -0.153. The van der Waals surface area contributed by atoms with Crippen LogP contribution in [0.25, 0.3) is 0 Å². The number of nitrogens with zero attached hydrogens (tertiary/aromatic N) is 2. The van der Waals surface area contributed by atoms with E-state index in [1.54, 1.807) is 11.6 Å². The number of hydrogen-bond acceptors (Lipinski definition) is 4. The number of carbonyl (C=O) groups is 2. The van der Waals surface area contributed by atoms with Gasteiger partial charge in [0.05, 0.1) is 17.1 Å². The molecule has 0 saturated heterocycles. The fourth-order valence-electron chi connectivity index (χ4n) is 3.23. The second kappa shape index (κ2) is 8.73. The lowest BCUT2D eigenvalue weighted by Crippen LogP contribution is -2.32. The van der Waals surface area contributed by atoms with Gasteiger partial charge in [0.1, 0.15) is 5.92 Å². The molecule has 3 rings (SSSR count). The molecule has 0 aliphatic heterocycles. The van der Waals surface area contributed by atoms with E-state index in [-0.39, 0.29) is 0 Å². The van der Waals surface area contributed by atoms with E-state index in [1.807, 2.05) is 81.6 Å². The van der Waals surface area contributed by atoms with Crippen molar-refractivity contribution >= 4 is 17.6 Å². The predicted octanol–water partition coefficient (Wildman–Crippen LogP) is 3.74. The van der Waals surface area contributed by atoms with Crippen LogP contribution in [0.1, 0.15) is 35.4 Å². The summed E-state index contributed by atoms with van der Waals surface area (Å²) in [4.78, 5) is 25.7. The largest absolute Gasteiger partial charge is 0.452 e. The van der Waals surface area contributed by atoms with Gasteiger partial charge in [-0.05, 0) is 31.9 Å². The molecule has 6 nitrogen and oxygen atoms in total. The third-order valence-corrected chi connectivity index (χ3v) is 4.92. The molecule has 2 aromatic carbocycles. The van der Waals surface area contributed by atoms with Crippen LogP contribution in [0.5, 0.6) is 0 Å². The van der Waals surface area contributed by atoms with Crippen molar-refractivity contribution in [2.75, 3.05) is 5.32 Å². The molecular weight excluding hydrogens is 366 g/mol. The maximum absolute atomic E-state index is 13.0. The highest BCUT2D eigenvalue weighted by Crippen LogP contribution is 2.27. The first-order chi connectivity index (χ1) is 13.9. The Morgan fingerprint density at radius 2 is 1.48 bits per heavy atom. The van der Waals surface area contributed by atoms with Crippen LogP contribution in [0, 0.1) is 13.8 Å². The van der Waals surface area contributed by atoms with Crippen LogP contribution in [0.15, 0.2) is 60.7 Å². The third-order valence-electron chi connectivity index (χ3n) is 4.92. The summed E-state index contributed by atoms with van der Waals surface area (Å²) in [6.45, 7) is 5.26.